The Morgan fingerprint density at radius 3 is 2.55 bits per heavy atom. The summed E-state index contributed by atoms with van der Waals surface area (Å²) >= 11 is 0. The van der Waals surface area contributed by atoms with E-state index in [1.54, 1.807) is 16.8 Å². The lowest BCUT2D eigenvalue weighted by molar-refractivity contribution is 0.0681. The molecule has 1 aromatic rings. The van der Waals surface area contributed by atoms with Gasteiger partial charge in [-0.3, -0.25) is 4.68 Å². The molecule has 7 heteroatoms. The first-order valence-electron chi connectivity index (χ1n) is 6.81. The standard InChI is InChI=1S/C13H20N4O3/c1-4-16(5-2)13(20)17-7-6-10-9(8-17)11(12(18)19)15(3)14-10/h4-8H2,1-3H3,(H,18,19). The van der Waals surface area contributed by atoms with Gasteiger partial charge in [-0.15, -0.1) is 0 Å². The Kier molecular flexibility index (Phi) is 3.96. The second-order valence-electron chi connectivity index (χ2n) is 4.83. The van der Waals surface area contributed by atoms with Gasteiger partial charge in [-0.2, -0.15) is 5.10 Å². The fourth-order valence-corrected chi connectivity index (χ4v) is 2.63. The number of carboxylic acids is 1. The van der Waals surface area contributed by atoms with E-state index in [9.17, 15) is 14.7 Å². The van der Waals surface area contributed by atoms with E-state index in [4.69, 9.17) is 0 Å². The van der Waals surface area contributed by atoms with Crippen LogP contribution in [0.15, 0.2) is 0 Å². The Hall–Kier alpha value is -2.05. The highest BCUT2D eigenvalue weighted by molar-refractivity contribution is 5.88. The van der Waals surface area contributed by atoms with E-state index >= 15 is 0 Å². The van der Waals surface area contributed by atoms with Gasteiger partial charge >= 0.3 is 12.0 Å². The number of aromatic nitrogens is 2. The predicted octanol–water partition coefficient (Wildman–Crippen LogP) is 0.938. The highest BCUT2D eigenvalue weighted by Crippen LogP contribution is 2.22. The van der Waals surface area contributed by atoms with Gasteiger partial charge in [-0.25, -0.2) is 9.59 Å². The van der Waals surface area contributed by atoms with E-state index in [2.05, 4.69) is 5.10 Å². The molecule has 0 aromatic carbocycles. The largest absolute Gasteiger partial charge is 0.477 e. The lowest BCUT2D eigenvalue weighted by atomic mass is 10.1. The molecular formula is C13H20N4O3. The molecule has 0 saturated carbocycles. The molecule has 110 valence electrons. The predicted molar refractivity (Wildman–Crippen MR) is 72.6 cm³/mol. The van der Waals surface area contributed by atoms with Gasteiger partial charge in [0.05, 0.1) is 12.2 Å². The van der Waals surface area contributed by atoms with Crippen LogP contribution in [0.2, 0.25) is 0 Å². The lowest BCUT2D eigenvalue weighted by Gasteiger charge is -2.31. The van der Waals surface area contributed by atoms with E-state index < -0.39 is 5.97 Å². The highest BCUT2D eigenvalue weighted by atomic mass is 16.4. The molecule has 0 bridgehead atoms. The molecule has 1 aliphatic rings. The highest BCUT2D eigenvalue weighted by Gasteiger charge is 2.30. The summed E-state index contributed by atoms with van der Waals surface area (Å²) in [5.74, 6) is -1.00. The molecule has 7 nitrogen and oxygen atoms in total. The van der Waals surface area contributed by atoms with E-state index in [1.165, 1.54) is 4.68 Å². The van der Waals surface area contributed by atoms with Crippen LogP contribution in [-0.4, -0.2) is 56.3 Å². The Morgan fingerprint density at radius 2 is 2.00 bits per heavy atom. The molecular weight excluding hydrogens is 260 g/mol. The average Bonchev–Trinajstić information content (AvgIpc) is 2.74. The SMILES string of the molecule is CCN(CC)C(=O)N1CCc2nn(C)c(C(=O)O)c2C1. The fourth-order valence-electron chi connectivity index (χ4n) is 2.63. The molecule has 2 amide bonds. The first-order valence-corrected chi connectivity index (χ1v) is 6.81. The van der Waals surface area contributed by atoms with Gasteiger partial charge in [0.2, 0.25) is 0 Å². The number of nitrogens with zero attached hydrogens (tertiary/aromatic N) is 4. The summed E-state index contributed by atoms with van der Waals surface area (Å²) in [6.07, 6.45) is 0.601. The smallest absolute Gasteiger partial charge is 0.354 e. The Morgan fingerprint density at radius 1 is 1.35 bits per heavy atom. The van der Waals surface area contributed by atoms with Crippen molar-refractivity contribution in [2.45, 2.75) is 26.8 Å². The number of carbonyl (C=O) groups excluding carboxylic acids is 1. The van der Waals surface area contributed by atoms with Crippen molar-refractivity contribution in [1.29, 1.82) is 0 Å². The number of carbonyl (C=O) groups is 2. The molecule has 0 atom stereocenters. The molecule has 0 aliphatic carbocycles. The van der Waals surface area contributed by atoms with Crippen LogP contribution in [0.4, 0.5) is 4.79 Å². The first-order chi connectivity index (χ1) is 9.49. The van der Waals surface area contributed by atoms with E-state index in [-0.39, 0.29) is 11.7 Å². The Balaban J connectivity index is 2.26. The minimum atomic E-state index is -1.00. The van der Waals surface area contributed by atoms with Gasteiger partial charge in [-0.05, 0) is 13.8 Å². The number of hydrogen-bond acceptors (Lipinski definition) is 3. The van der Waals surface area contributed by atoms with Crippen LogP contribution in [0.3, 0.4) is 0 Å². The number of hydrogen-bond donors (Lipinski definition) is 1. The van der Waals surface area contributed by atoms with Crippen LogP contribution in [0, 0.1) is 0 Å². The number of rotatable bonds is 3. The number of urea groups is 1. The Labute approximate surface area is 117 Å². The third-order valence-corrected chi connectivity index (χ3v) is 3.70. The van der Waals surface area contributed by atoms with E-state index in [0.29, 0.717) is 38.2 Å². The van der Waals surface area contributed by atoms with Crippen LogP contribution in [0.25, 0.3) is 0 Å². The van der Waals surface area contributed by atoms with Crippen LogP contribution in [0.1, 0.15) is 35.6 Å². The number of aryl methyl sites for hydroxylation is 1. The van der Waals surface area contributed by atoms with Gasteiger partial charge in [0, 0.05) is 38.7 Å². The van der Waals surface area contributed by atoms with Crippen molar-refractivity contribution in [3.8, 4) is 0 Å². The van der Waals surface area contributed by atoms with Crippen molar-refractivity contribution in [3.05, 3.63) is 17.0 Å². The molecule has 0 spiro atoms. The third kappa shape index (κ3) is 2.35. The molecule has 0 fully saturated rings. The number of fused-ring (bicyclic) bond motifs is 1. The molecule has 0 saturated heterocycles. The zero-order chi connectivity index (χ0) is 14.9. The molecule has 1 aromatic heterocycles. The second kappa shape index (κ2) is 5.52. The average molecular weight is 280 g/mol. The number of carboxylic acid groups (broad SMARTS) is 1. The monoisotopic (exact) mass is 280 g/mol. The van der Waals surface area contributed by atoms with Crippen molar-refractivity contribution in [2.24, 2.45) is 7.05 Å². The summed E-state index contributed by atoms with van der Waals surface area (Å²) in [6, 6.07) is -0.0409. The van der Waals surface area contributed by atoms with E-state index in [0.717, 1.165) is 5.69 Å². The summed E-state index contributed by atoms with van der Waals surface area (Å²) in [5, 5.41) is 13.5. The zero-order valence-corrected chi connectivity index (χ0v) is 12.1. The minimum Gasteiger partial charge on any atom is -0.477 e. The molecule has 2 heterocycles. The van der Waals surface area contributed by atoms with Crippen LogP contribution < -0.4 is 0 Å². The zero-order valence-electron chi connectivity index (χ0n) is 12.1. The molecule has 0 unspecified atom stereocenters. The summed E-state index contributed by atoms with van der Waals surface area (Å²) in [4.78, 5) is 27.1. The summed E-state index contributed by atoms with van der Waals surface area (Å²) in [6.45, 7) is 6.07. The minimum absolute atomic E-state index is 0.0409. The maximum absolute atomic E-state index is 12.3. The van der Waals surface area contributed by atoms with Crippen LogP contribution in [0.5, 0.6) is 0 Å². The molecule has 0 radical (unpaired) electrons. The van der Waals surface area contributed by atoms with Crippen LogP contribution >= 0.6 is 0 Å². The maximum atomic E-state index is 12.3. The number of aromatic carboxylic acids is 1. The van der Waals surface area contributed by atoms with E-state index in [1.807, 2.05) is 13.8 Å². The Bertz CT molecular complexity index is 534. The lowest BCUT2D eigenvalue weighted by Crippen LogP contribution is -2.45. The topological polar surface area (TPSA) is 78.7 Å². The van der Waals surface area contributed by atoms with Crippen molar-refractivity contribution in [1.82, 2.24) is 19.6 Å². The number of amides is 2. The first kappa shape index (κ1) is 14.4. The van der Waals surface area contributed by atoms with Gasteiger partial charge in [0.1, 0.15) is 0 Å². The molecule has 20 heavy (non-hydrogen) atoms. The van der Waals surface area contributed by atoms with Crippen molar-refractivity contribution >= 4 is 12.0 Å². The molecule has 2 rings (SSSR count). The van der Waals surface area contributed by atoms with Crippen molar-refractivity contribution in [3.63, 3.8) is 0 Å². The van der Waals surface area contributed by atoms with Crippen molar-refractivity contribution < 1.29 is 14.7 Å². The third-order valence-electron chi connectivity index (χ3n) is 3.70. The normalized spacial score (nSPS) is 14.1. The quantitative estimate of drug-likeness (QED) is 0.893. The second-order valence-corrected chi connectivity index (χ2v) is 4.83. The summed E-state index contributed by atoms with van der Waals surface area (Å²) < 4.78 is 1.39. The molecule has 1 N–H and O–H groups in total. The van der Waals surface area contributed by atoms with Crippen molar-refractivity contribution in [2.75, 3.05) is 19.6 Å². The van der Waals surface area contributed by atoms with Crippen LogP contribution in [-0.2, 0) is 20.0 Å². The molecule has 1 aliphatic heterocycles. The summed E-state index contributed by atoms with van der Waals surface area (Å²) in [5.41, 5.74) is 1.62. The van der Waals surface area contributed by atoms with Gasteiger partial charge < -0.3 is 14.9 Å². The summed E-state index contributed by atoms with van der Waals surface area (Å²) in [7, 11) is 1.62. The van der Waals surface area contributed by atoms with Gasteiger partial charge in [-0.1, -0.05) is 0 Å². The maximum Gasteiger partial charge on any atom is 0.354 e. The van der Waals surface area contributed by atoms with Gasteiger partial charge in [0.15, 0.2) is 5.69 Å². The van der Waals surface area contributed by atoms with Gasteiger partial charge in [0.25, 0.3) is 0 Å². The fraction of sp³-hybridized carbons (Fsp3) is 0.615.